The van der Waals surface area contributed by atoms with E-state index in [9.17, 15) is 0 Å². The minimum absolute atomic E-state index is 0.205. The number of likely N-dealkylation sites (tertiary alicyclic amines) is 1. The van der Waals surface area contributed by atoms with E-state index >= 15 is 0 Å². The average Bonchev–Trinajstić information content (AvgIpc) is 1.66. The second kappa shape index (κ2) is 3.27. The molecule has 1 aliphatic rings. The first-order valence-corrected chi connectivity index (χ1v) is 7.37. The number of rotatable bonds is 2. The Bertz CT molecular complexity index is 64.8. The molecule has 1 fully saturated rings. The number of hydrogen-bond donors (Lipinski definition) is 1. The van der Waals surface area contributed by atoms with Gasteiger partial charge in [0.15, 0.2) is 0 Å². The van der Waals surface area contributed by atoms with Crippen LogP contribution in [-0.4, -0.2) is 22.0 Å². The third-order valence-electron chi connectivity index (χ3n) is 1.57. The predicted octanol–water partition coefficient (Wildman–Crippen LogP) is -2.03. The summed E-state index contributed by atoms with van der Waals surface area (Å²) in [6.07, 6.45) is 1.41. The molecule has 1 unspecified atom stereocenters. The van der Waals surface area contributed by atoms with Crippen molar-refractivity contribution in [2.75, 3.05) is 13.1 Å². The Balaban J connectivity index is 2.16. The Labute approximate surface area is 64.9 Å². The molecule has 0 N–H and O–H groups in total. The normalized spacial score (nSPS) is 30.5. The summed E-state index contributed by atoms with van der Waals surface area (Å²) < 4.78 is 0.905. The summed E-state index contributed by atoms with van der Waals surface area (Å²) in [5.74, 6) is 0. The fourth-order valence-corrected chi connectivity index (χ4v) is 3.94. The molecule has 0 radical (unpaired) electrons. The number of hydrogen-bond acceptors (Lipinski definition) is 2. The molecule has 0 aromatic carbocycles. The molecule has 1 nitrogen and oxygen atoms in total. The van der Waals surface area contributed by atoms with Gasteiger partial charge in [-0.05, 0) is 0 Å². The molecule has 0 aromatic rings. The first kappa shape index (κ1) is 7.15. The van der Waals surface area contributed by atoms with Crippen molar-refractivity contribution in [3.8, 4) is 0 Å². The first-order chi connectivity index (χ1) is 3.88. The quantitative estimate of drug-likeness (QED) is 0.254. The molecular formula is C5H11INS-. The van der Waals surface area contributed by atoms with E-state index in [0.29, 0.717) is 0 Å². The zero-order chi connectivity index (χ0) is 5.98. The summed E-state index contributed by atoms with van der Waals surface area (Å²) in [5.41, 5.74) is 0. The summed E-state index contributed by atoms with van der Waals surface area (Å²) in [6, 6.07) is 0. The second-order valence-electron chi connectivity index (χ2n) is 1.95. The summed E-state index contributed by atoms with van der Waals surface area (Å²) in [4.78, 5) is 2.50. The van der Waals surface area contributed by atoms with E-state index in [4.69, 9.17) is 0 Å². The number of nitrogens with zero attached hydrogens (tertiary/aromatic N) is 1. The standard InChI is InChI=1S/C5H11INS/c1-2-7-4-3-5(7)6-8/h5,8H,2-4H2,1H3/q-1. The molecule has 8 heavy (non-hydrogen) atoms. The average molecular weight is 244 g/mol. The molecule has 1 atom stereocenters. The van der Waals surface area contributed by atoms with Crippen LogP contribution >= 0.6 is 9.80 Å². The van der Waals surface area contributed by atoms with Gasteiger partial charge >= 0.3 is 65.0 Å². The van der Waals surface area contributed by atoms with Crippen LogP contribution in [0, 0.1) is 0 Å². The van der Waals surface area contributed by atoms with Gasteiger partial charge in [0.1, 0.15) is 0 Å². The predicted molar refractivity (Wildman–Crippen MR) is 34.6 cm³/mol. The van der Waals surface area contributed by atoms with Crippen LogP contribution in [0.15, 0.2) is 0 Å². The Morgan fingerprint density at radius 1 is 1.88 bits per heavy atom. The SMILES string of the molecule is CCN1CCC1[I-]S. The van der Waals surface area contributed by atoms with Crippen LogP contribution in [0.3, 0.4) is 0 Å². The number of alkyl halides is 1. The van der Waals surface area contributed by atoms with Crippen LogP contribution in [0.4, 0.5) is 0 Å². The van der Waals surface area contributed by atoms with E-state index in [-0.39, 0.29) is 19.8 Å². The fourth-order valence-electron chi connectivity index (χ4n) is 0.876. The van der Waals surface area contributed by atoms with E-state index in [0.717, 1.165) is 4.05 Å². The molecule has 0 aliphatic carbocycles. The van der Waals surface area contributed by atoms with Crippen molar-refractivity contribution in [2.45, 2.75) is 17.4 Å². The van der Waals surface area contributed by atoms with Crippen molar-refractivity contribution in [1.29, 1.82) is 0 Å². The number of halogens is 1. The van der Waals surface area contributed by atoms with Gasteiger partial charge in [-0.25, -0.2) is 0 Å². The Morgan fingerprint density at radius 2 is 2.62 bits per heavy atom. The third kappa shape index (κ3) is 1.30. The maximum atomic E-state index is 4.33. The van der Waals surface area contributed by atoms with Crippen LogP contribution in [0.5, 0.6) is 0 Å². The van der Waals surface area contributed by atoms with Gasteiger partial charge in [-0.2, -0.15) is 0 Å². The second-order valence-corrected chi connectivity index (χ2v) is 5.25. The minimum atomic E-state index is 0.205. The molecule has 1 saturated heterocycles. The summed E-state index contributed by atoms with van der Waals surface area (Å²) in [7, 11) is 4.33. The van der Waals surface area contributed by atoms with E-state index in [1.54, 1.807) is 0 Å². The Morgan fingerprint density at radius 3 is 2.75 bits per heavy atom. The summed E-state index contributed by atoms with van der Waals surface area (Å²) in [5, 5.41) is 0. The van der Waals surface area contributed by atoms with E-state index in [1.807, 2.05) is 0 Å². The van der Waals surface area contributed by atoms with Crippen molar-refractivity contribution in [3.05, 3.63) is 0 Å². The Kier molecular flexibility index (Phi) is 2.92. The molecule has 0 spiro atoms. The number of thiol groups is 1. The van der Waals surface area contributed by atoms with Crippen molar-refractivity contribution < 1.29 is 19.8 Å². The molecule has 1 heterocycles. The van der Waals surface area contributed by atoms with Crippen LogP contribution in [0.2, 0.25) is 0 Å². The van der Waals surface area contributed by atoms with Gasteiger partial charge in [-0.1, -0.05) is 0 Å². The van der Waals surface area contributed by atoms with Crippen molar-refractivity contribution in [2.24, 2.45) is 0 Å². The molecule has 1 aliphatic heterocycles. The zero-order valence-corrected chi connectivity index (χ0v) is 8.02. The zero-order valence-electron chi connectivity index (χ0n) is 4.97. The molecule has 3 heteroatoms. The first-order valence-electron chi connectivity index (χ1n) is 2.89. The van der Waals surface area contributed by atoms with Gasteiger partial charge in [0.25, 0.3) is 0 Å². The molecule has 50 valence electrons. The molecule has 1 rings (SSSR count). The van der Waals surface area contributed by atoms with E-state index in [1.165, 1.54) is 19.5 Å². The van der Waals surface area contributed by atoms with Gasteiger partial charge in [0.2, 0.25) is 0 Å². The maximum absolute atomic E-state index is 4.33. The Hall–Kier alpha value is 1.04. The van der Waals surface area contributed by atoms with Gasteiger partial charge in [-0.3, -0.25) is 0 Å². The van der Waals surface area contributed by atoms with Gasteiger partial charge in [0.05, 0.1) is 0 Å². The van der Waals surface area contributed by atoms with E-state index in [2.05, 4.69) is 21.6 Å². The van der Waals surface area contributed by atoms with Crippen LogP contribution in [0.1, 0.15) is 13.3 Å². The topological polar surface area (TPSA) is 3.24 Å². The summed E-state index contributed by atoms with van der Waals surface area (Å²) in [6.45, 7) is 4.77. The third-order valence-corrected chi connectivity index (χ3v) is 5.13. The van der Waals surface area contributed by atoms with E-state index < -0.39 is 0 Å². The van der Waals surface area contributed by atoms with Crippen molar-refractivity contribution in [1.82, 2.24) is 4.90 Å². The van der Waals surface area contributed by atoms with Gasteiger partial charge in [0, 0.05) is 0 Å². The van der Waals surface area contributed by atoms with Crippen molar-refractivity contribution in [3.63, 3.8) is 0 Å². The molecule has 0 bridgehead atoms. The van der Waals surface area contributed by atoms with Gasteiger partial charge in [-0.15, -0.1) is 0 Å². The van der Waals surface area contributed by atoms with Crippen molar-refractivity contribution >= 4 is 9.80 Å². The molecule has 0 saturated carbocycles. The monoisotopic (exact) mass is 244 g/mol. The van der Waals surface area contributed by atoms with Crippen LogP contribution < -0.4 is 19.8 Å². The van der Waals surface area contributed by atoms with Crippen LogP contribution in [0.25, 0.3) is 0 Å². The summed E-state index contributed by atoms with van der Waals surface area (Å²) >= 11 is 0.205. The molecule has 0 aromatic heterocycles. The molecule has 0 amide bonds. The fraction of sp³-hybridized carbons (Fsp3) is 1.00. The van der Waals surface area contributed by atoms with Crippen LogP contribution in [-0.2, 0) is 0 Å². The molecular weight excluding hydrogens is 233 g/mol. The van der Waals surface area contributed by atoms with Gasteiger partial charge < -0.3 is 0 Å².